The number of amides is 2. The first-order valence-corrected chi connectivity index (χ1v) is 12.8. The average molecular weight is 466 g/mol. The summed E-state index contributed by atoms with van der Waals surface area (Å²) in [5.41, 5.74) is 2.94. The molecule has 4 rings (SSSR count). The van der Waals surface area contributed by atoms with Crippen LogP contribution in [0.2, 0.25) is 0 Å². The molecule has 0 aliphatic carbocycles. The van der Waals surface area contributed by atoms with Crippen molar-refractivity contribution in [2.75, 3.05) is 29.9 Å². The minimum Gasteiger partial charge on any atom is -0.342 e. The van der Waals surface area contributed by atoms with Gasteiger partial charge in [-0.15, -0.1) is 11.8 Å². The van der Waals surface area contributed by atoms with E-state index in [9.17, 15) is 9.59 Å². The molecule has 2 amide bonds. The number of carbonyl (C=O) groups is 2. The molecular weight excluding hydrogens is 438 g/mol. The largest absolute Gasteiger partial charge is 0.342 e. The van der Waals surface area contributed by atoms with Gasteiger partial charge in [0.25, 0.3) is 0 Å². The van der Waals surface area contributed by atoms with Gasteiger partial charge in [0.1, 0.15) is 0 Å². The van der Waals surface area contributed by atoms with Crippen molar-refractivity contribution in [3.05, 3.63) is 60.7 Å². The van der Waals surface area contributed by atoms with E-state index in [1.807, 2.05) is 65.6 Å². The van der Waals surface area contributed by atoms with Gasteiger partial charge in [-0.05, 0) is 24.3 Å². The highest BCUT2D eigenvalue weighted by Gasteiger charge is 2.21. The van der Waals surface area contributed by atoms with Crippen molar-refractivity contribution in [2.45, 2.75) is 19.8 Å². The molecule has 1 saturated heterocycles. The highest BCUT2D eigenvalue weighted by Crippen LogP contribution is 2.38. The molecule has 0 spiro atoms. The first-order valence-electron chi connectivity index (χ1n) is 10.9. The van der Waals surface area contributed by atoms with Gasteiger partial charge >= 0.3 is 0 Å². The number of aromatic nitrogens is 1. The number of likely N-dealkylation sites (tertiary alicyclic amines) is 1. The fourth-order valence-corrected chi connectivity index (χ4v) is 5.41. The summed E-state index contributed by atoms with van der Waals surface area (Å²) in [4.78, 5) is 32.6. The molecule has 1 aromatic heterocycles. The predicted molar refractivity (Wildman–Crippen MR) is 134 cm³/mol. The van der Waals surface area contributed by atoms with Crippen molar-refractivity contribution in [3.63, 3.8) is 0 Å². The summed E-state index contributed by atoms with van der Waals surface area (Å²) in [7, 11) is 0. The van der Waals surface area contributed by atoms with Crippen LogP contribution in [-0.4, -0.2) is 46.3 Å². The van der Waals surface area contributed by atoms with Crippen molar-refractivity contribution in [1.82, 2.24) is 9.88 Å². The first-order chi connectivity index (χ1) is 15.6. The summed E-state index contributed by atoms with van der Waals surface area (Å²) in [5.74, 6) is 1.25. The number of piperidine rings is 1. The quantitative estimate of drug-likeness (QED) is 0.507. The summed E-state index contributed by atoms with van der Waals surface area (Å²) < 4.78 is 0. The zero-order chi connectivity index (χ0) is 22.3. The molecule has 0 saturated carbocycles. The number of nitrogens with one attached hydrogen (secondary N) is 1. The van der Waals surface area contributed by atoms with Crippen LogP contribution < -0.4 is 5.32 Å². The molecule has 3 aromatic rings. The Morgan fingerprint density at radius 1 is 1.00 bits per heavy atom. The highest BCUT2D eigenvalue weighted by molar-refractivity contribution is 8.00. The van der Waals surface area contributed by atoms with E-state index < -0.39 is 0 Å². The molecule has 166 valence electrons. The Labute approximate surface area is 197 Å². The topological polar surface area (TPSA) is 62.3 Å². The number of hydrogen-bond acceptors (Lipinski definition) is 5. The van der Waals surface area contributed by atoms with Crippen LogP contribution in [0.3, 0.4) is 0 Å². The van der Waals surface area contributed by atoms with E-state index in [1.165, 1.54) is 23.1 Å². The minimum atomic E-state index is -0.136. The monoisotopic (exact) mass is 465 g/mol. The molecule has 0 radical (unpaired) electrons. The number of benzene rings is 2. The van der Waals surface area contributed by atoms with Crippen molar-refractivity contribution in [3.8, 4) is 21.7 Å². The second-order valence-electron chi connectivity index (χ2n) is 8.03. The maximum Gasteiger partial charge on any atom is 0.236 e. The number of hydrogen-bond donors (Lipinski definition) is 1. The lowest BCUT2D eigenvalue weighted by Gasteiger charge is -2.30. The molecule has 0 unspecified atom stereocenters. The number of anilines is 1. The standard InChI is InChI=1S/C25H27N3O2S2/c1-18-12-14-28(15-13-18)22(30)17-31-16-21(29)26-25-27-23(19-8-4-2-5-9-19)24(32-25)20-10-6-3-7-11-20/h2-11,18H,12-17H2,1H3,(H,26,27,29). The molecule has 1 N–H and O–H groups in total. The van der Waals surface area contributed by atoms with Crippen molar-refractivity contribution in [1.29, 1.82) is 0 Å². The Bertz CT molecular complexity index is 989. The van der Waals surface area contributed by atoms with Crippen LogP contribution in [0.5, 0.6) is 0 Å². The van der Waals surface area contributed by atoms with Crippen LogP contribution in [0.4, 0.5) is 5.13 Å². The fraction of sp³-hybridized carbons (Fsp3) is 0.320. The number of rotatable bonds is 7. The lowest BCUT2D eigenvalue weighted by atomic mass is 9.99. The summed E-state index contributed by atoms with van der Waals surface area (Å²) in [5, 5.41) is 3.50. The third-order valence-corrected chi connectivity index (χ3v) is 7.49. The van der Waals surface area contributed by atoms with Gasteiger partial charge in [0.15, 0.2) is 5.13 Å². The van der Waals surface area contributed by atoms with Crippen LogP contribution in [0.15, 0.2) is 60.7 Å². The maximum absolute atomic E-state index is 12.5. The van der Waals surface area contributed by atoms with Crippen molar-refractivity contribution in [2.24, 2.45) is 5.92 Å². The molecule has 0 bridgehead atoms. The van der Waals surface area contributed by atoms with Crippen LogP contribution in [0.25, 0.3) is 21.7 Å². The zero-order valence-electron chi connectivity index (χ0n) is 18.1. The van der Waals surface area contributed by atoms with Crippen LogP contribution >= 0.6 is 23.1 Å². The van der Waals surface area contributed by atoms with E-state index in [1.54, 1.807) is 0 Å². The fourth-order valence-electron chi connectivity index (χ4n) is 3.69. The Morgan fingerprint density at radius 2 is 1.62 bits per heavy atom. The molecule has 1 fully saturated rings. The summed E-state index contributed by atoms with van der Waals surface area (Å²) in [6.07, 6.45) is 2.13. The Hall–Kier alpha value is -2.64. The van der Waals surface area contributed by atoms with Crippen molar-refractivity contribution < 1.29 is 9.59 Å². The van der Waals surface area contributed by atoms with Crippen molar-refractivity contribution >= 4 is 40.0 Å². The second kappa shape index (κ2) is 10.8. The molecular formula is C25H27N3O2S2. The SMILES string of the molecule is CC1CCN(C(=O)CSCC(=O)Nc2nc(-c3ccccc3)c(-c3ccccc3)s2)CC1. The lowest BCUT2D eigenvalue weighted by molar-refractivity contribution is -0.129. The molecule has 2 aromatic carbocycles. The predicted octanol–water partition coefficient (Wildman–Crippen LogP) is 5.41. The van der Waals surface area contributed by atoms with Gasteiger partial charge in [-0.1, -0.05) is 78.9 Å². The van der Waals surface area contributed by atoms with Crippen LogP contribution in [0.1, 0.15) is 19.8 Å². The van der Waals surface area contributed by atoms with E-state index in [0.717, 1.165) is 47.6 Å². The van der Waals surface area contributed by atoms with E-state index in [2.05, 4.69) is 12.2 Å². The smallest absolute Gasteiger partial charge is 0.236 e. The van der Waals surface area contributed by atoms with Gasteiger partial charge in [0.05, 0.1) is 22.1 Å². The molecule has 5 nitrogen and oxygen atoms in total. The van der Waals surface area contributed by atoms with E-state index in [0.29, 0.717) is 16.8 Å². The van der Waals surface area contributed by atoms with Gasteiger partial charge in [-0.25, -0.2) is 4.98 Å². The first kappa shape index (κ1) is 22.6. The summed E-state index contributed by atoms with van der Waals surface area (Å²) >= 11 is 2.83. The van der Waals surface area contributed by atoms with E-state index in [4.69, 9.17) is 4.98 Å². The zero-order valence-corrected chi connectivity index (χ0v) is 19.8. The van der Waals surface area contributed by atoms with Gasteiger partial charge in [-0.3, -0.25) is 9.59 Å². The van der Waals surface area contributed by atoms with Gasteiger partial charge in [0.2, 0.25) is 11.8 Å². The van der Waals surface area contributed by atoms with E-state index in [-0.39, 0.29) is 17.6 Å². The Kier molecular flexibility index (Phi) is 7.60. The molecule has 2 heterocycles. The number of thiazole rings is 1. The molecule has 32 heavy (non-hydrogen) atoms. The number of nitrogens with zero attached hydrogens (tertiary/aromatic N) is 2. The third-order valence-electron chi connectivity index (χ3n) is 5.55. The number of carbonyl (C=O) groups excluding carboxylic acids is 2. The van der Waals surface area contributed by atoms with Crippen LogP contribution in [-0.2, 0) is 9.59 Å². The van der Waals surface area contributed by atoms with Crippen LogP contribution in [0, 0.1) is 5.92 Å². The molecule has 1 aliphatic heterocycles. The normalized spacial score (nSPS) is 14.3. The average Bonchev–Trinajstić information content (AvgIpc) is 3.24. The molecule has 1 aliphatic rings. The Morgan fingerprint density at radius 3 is 2.28 bits per heavy atom. The second-order valence-corrected chi connectivity index (χ2v) is 10.0. The number of thioether (sulfide) groups is 1. The van der Waals surface area contributed by atoms with Gasteiger partial charge in [0, 0.05) is 18.7 Å². The van der Waals surface area contributed by atoms with E-state index >= 15 is 0 Å². The molecule has 0 atom stereocenters. The maximum atomic E-state index is 12.5. The lowest BCUT2D eigenvalue weighted by Crippen LogP contribution is -2.39. The summed E-state index contributed by atoms with van der Waals surface area (Å²) in [6, 6.07) is 20.1. The van der Waals surface area contributed by atoms with Gasteiger partial charge in [-0.2, -0.15) is 0 Å². The highest BCUT2D eigenvalue weighted by atomic mass is 32.2. The third kappa shape index (κ3) is 5.78. The minimum absolute atomic E-state index is 0.127. The Balaban J connectivity index is 1.38. The summed E-state index contributed by atoms with van der Waals surface area (Å²) in [6.45, 7) is 3.89. The molecule has 7 heteroatoms. The van der Waals surface area contributed by atoms with Gasteiger partial charge < -0.3 is 10.2 Å².